The van der Waals surface area contributed by atoms with Crippen molar-refractivity contribution in [2.45, 2.75) is 12.3 Å². The summed E-state index contributed by atoms with van der Waals surface area (Å²) in [4.78, 5) is 23.8. The van der Waals surface area contributed by atoms with Gasteiger partial charge in [-0.2, -0.15) is 0 Å². The molecule has 1 aromatic heterocycles. The molecule has 1 rings (SSSR count). The van der Waals surface area contributed by atoms with E-state index in [0.717, 1.165) is 6.20 Å². The molecule has 1 N–H and O–H groups in total. The molecule has 0 unspecified atom stereocenters. The van der Waals surface area contributed by atoms with Crippen molar-refractivity contribution in [3.8, 4) is 0 Å². The molecule has 0 radical (unpaired) electrons. The first kappa shape index (κ1) is 10.8. The van der Waals surface area contributed by atoms with E-state index in [1.165, 1.54) is 0 Å². The Balaban J connectivity index is 3.43. The van der Waals surface area contributed by atoms with E-state index in [-0.39, 0.29) is 17.0 Å². The molecule has 76 valence electrons. The highest BCUT2D eigenvalue weighted by atomic mass is 35.5. The number of carbonyl (C=O) groups excluding carboxylic acids is 1. The van der Waals surface area contributed by atoms with Crippen LogP contribution in [0.25, 0.3) is 0 Å². The van der Waals surface area contributed by atoms with Gasteiger partial charge in [0.15, 0.2) is 11.7 Å². The summed E-state index contributed by atoms with van der Waals surface area (Å²) in [6.45, 7) is 0. The summed E-state index contributed by atoms with van der Waals surface area (Å²) in [6, 6.07) is 0. The number of alkyl halides is 3. The van der Waals surface area contributed by atoms with Crippen LogP contribution in [0, 0.1) is 0 Å². The van der Waals surface area contributed by atoms with Crippen molar-refractivity contribution < 1.29 is 13.6 Å². The van der Waals surface area contributed by atoms with Crippen molar-refractivity contribution in [1.82, 2.24) is 4.98 Å². The SMILES string of the molecule is O=Cc1c[nH]c(C(F)F)c(CCl)c1=O. The highest BCUT2D eigenvalue weighted by Crippen LogP contribution is 2.19. The van der Waals surface area contributed by atoms with Gasteiger partial charge in [0.05, 0.1) is 17.1 Å². The lowest BCUT2D eigenvalue weighted by Crippen LogP contribution is -2.17. The van der Waals surface area contributed by atoms with E-state index in [1.807, 2.05) is 0 Å². The fourth-order valence-corrected chi connectivity index (χ4v) is 1.28. The van der Waals surface area contributed by atoms with Crippen LogP contribution < -0.4 is 5.43 Å². The first-order chi connectivity index (χ1) is 6.61. The van der Waals surface area contributed by atoms with Crippen LogP contribution in [-0.2, 0) is 5.88 Å². The van der Waals surface area contributed by atoms with E-state index in [4.69, 9.17) is 11.6 Å². The van der Waals surface area contributed by atoms with Crippen LogP contribution in [0.15, 0.2) is 11.0 Å². The van der Waals surface area contributed by atoms with Crippen LogP contribution >= 0.6 is 11.6 Å². The predicted molar refractivity (Wildman–Crippen MR) is 47.0 cm³/mol. The second kappa shape index (κ2) is 4.32. The molecule has 0 aliphatic heterocycles. The fourth-order valence-electron chi connectivity index (χ4n) is 1.02. The van der Waals surface area contributed by atoms with E-state index in [2.05, 4.69) is 4.98 Å². The number of rotatable bonds is 3. The Kier molecular flexibility index (Phi) is 3.35. The lowest BCUT2D eigenvalue weighted by molar-refractivity contribution is 0.112. The number of aldehydes is 1. The zero-order valence-corrected chi connectivity index (χ0v) is 7.65. The number of hydrogen-bond acceptors (Lipinski definition) is 2. The maximum atomic E-state index is 12.3. The highest BCUT2D eigenvalue weighted by Gasteiger charge is 2.17. The largest absolute Gasteiger partial charge is 0.359 e. The molecule has 6 heteroatoms. The van der Waals surface area contributed by atoms with Gasteiger partial charge in [-0.3, -0.25) is 9.59 Å². The molecule has 1 aromatic rings. The van der Waals surface area contributed by atoms with Gasteiger partial charge in [0.1, 0.15) is 0 Å². The third-order valence-corrected chi connectivity index (χ3v) is 1.99. The molecule has 0 spiro atoms. The van der Waals surface area contributed by atoms with Crippen molar-refractivity contribution in [3.05, 3.63) is 33.2 Å². The third-order valence-electron chi connectivity index (χ3n) is 1.72. The first-order valence-electron chi connectivity index (χ1n) is 3.65. The van der Waals surface area contributed by atoms with E-state index >= 15 is 0 Å². The number of carbonyl (C=O) groups is 1. The topological polar surface area (TPSA) is 49.9 Å². The summed E-state index contributed by atoms with van der Waals surface area (Å²) in [5.41, 5.74) is -1.74. The molecule has 0 aliphatic rings. The number of hydrogen-bond donors (Lipinski definition) is 1. The number of nitrogens with one attached hydrogen (secondary N) is 1. The molecule has 0 saturated heterocycles. The Labute approximate surface area is 82.7 Å². The summed E-state index contributed by atoms with van der Waals surface area (Å²) in [7, 11) is 0. The molecule has 3 nitrogen and oxygen atoms in total. The van der Waals surface area contributed by atoms with Crippen molar-refractivity contribution in [3.63, 3.8) is 0 Å². The van der Waals surface area contributed by atoms with Gasteiger partial charge in [0.25, 0.3) is 6.43 Å². The summed E-state index contributed by atoms with van der Waals surface area (Å²) >= 11 is 5.34. The van der Waals surface area contributed by atoms with Crippen LogP contribution in [0.3, 0.4) is 0 Å². The second-order valence-corrected chi connectivity index (χ2v) is 2.78. The van der Waals surface area contributed by atoms with Gasteiger partial charge in [-0.25, -0.2) is 8.78 Å². The van der Waals surface area contributed by atoms with E-state index in [1.54, 1.807) is 0 Å². The minimum absolute atomic E-state index is 0.204. The Morgan fingerprint density at radius 3 is 2.64 bits per heavy atom. The van der Waals surface area contributed by atoms with Crippen molar-refractivity contribution in [2.75, 3.05) is 0 Å². The molecule has 0 bridgehead atoms. The Morgan fingerprint density at radius 2 is 2.21 bits per heavy atom. The Morgan fingerprint density at radius 1 is 1.57 bits per heavy atom. The maximum absolute atomic E-state index is 12.3. The van der Waals surface area contributed by atoms with E-state index in [0.29, 0.717) is 6.29 Å². The maximum Gasteiger partial charge on any atom is 0.278 e. The van der Waals surface area contributed by atoms with Gasteiger partial charge in [-0.05, 0) is 0 Å². The number of aromatic nitrogens is 1. The van der Waals surface area contributed by atoms with Crippen LogP contribution in [0.4, 0.5) is 8.78 Å². The zero-order valence-electron chi connectivity index (χ0n) is 6.89. The Bertz CT molecular complexity index is 403. The highest BCUT2D eigenvalue weighted by molar-refractivity contribution is 6.17. The molecule has 0 atom stereocenters. The average Bonchev–Trinajstić information content (AvgIpc) is 2.17. The summed E-state index contributed by atoms with van der Waals surface area (Å²) in [5.74, 6) is -0.351. The van der Waals surface area contributed by atoms with Crippen LogP contribution in [0.1, 0.15) is 28.0 Å². The minimum atomic E-state index is -2.81. The van der Waals surface area contributed by atoms with Gasteiger partial charge in [0, 0.05) is 11.8 Å². The zero-order chi connectivity index (χ0) is 10.7. The Hall–Kier alpha value is -1.23. The van der Waals surface area contributed by atoms with Gasteiger partial charge in [-0.1, -0.05) is 0 Å². The van der Waals surface area contributed by atoms with Gasteiger partial charge in [-0.15, -0.1) is 11.6 Å². The van der Waals surface area contributed by atoms with Crippen LogP contribution in [0.5, 0.6) is 0 Å². The quantitative estimate of drug-likeness (QED) is 0.626. The normalized spacial score (nSPS) is 10.6. The average molecular weight is 222 g/mol. The summed E-state index contributed by atoms with van der Waals surface area (Å²) < 4.78 is 24.6. The first-order valence-corrected chi connectivity index (χ1v) is 4.19. The number of pyridine rings is 1. The predicted octanol–water partition coefficient (Wildman–Crippen LogP) is 1.86. The lowest BCUT2D eigenvalue weighted by Gasteiger charge is -2.05. The number of halogens is 3. The molecule has 0 amide bonds. The standard InChI is InChI=1S/C8H6ClF2NO2/c9-1-5-6(8(10)11)12-2-4(3-13)7(5)14/h2-3,8H,1H2,(H,12,14). The molecule has 0 aliphatic carbocycles. The minimum Gasteiger partial charge on any atom is -0.359 e. The van der Waals surface area contributed by atoms with Gasteiger partial charge in [0.2, 0.25) is 0 Å². The smallest absolute Gasteiger partial charge is 0.278 e. The van der Waals surface area contributed by atoms with E-state index in [9.17, 15) is 18.4 Å². The van der Waals surface area contributed by atoms with E-state index < -0.39 is 17.5 Å². The van der Waals surface area contributed by atoms with Crippen molar-refractivity contribution >= 4 is 17.9 Å². The number of H-pyrrole nitrogens is 1. The van der Waals surface area contributed by atoms with Gasteiger partial charge >= 0.3 is 0 Å². The monoisotopic (exact) mass is 221 g/mol. The molecule has 0 fully saturated rings. The molecule has 0 aromatic carbocycles. The molecular formula is C8H6ClF2NO2. The summed E-state index contributed by atoms with van der Waals surface area (Å²) in [6.07, 6.45) is -1.56. The van der Waals surface area contributed by atoms with Crippen LogP contribution in [0.2, 0.25) is 0 Å². The molecule has 14 heavy (non-hydrogen) atoms. The van der Waals surface area contributed by atoms with Crippen molar-refractivity contribution in [1.29, 1.82) is 0 Å². The van der Waals surface area contributed by atoms with Crippen LogP contribution in [-0.4, -0.2) is 11.3 Å². The third kappa shape index (κ3) is 1.82. The molecule has 0 saturated carbocycles. The van der Waals surface area contributed by atoms with Crippen molar-refractivity contribution in [2.24, 2.45) is 0 Å². The van der Waals surface area contributed by atoms with Gasteiger partial charge < -0.3 is 4.98 Å². The molecule has 1 heterocycles. The second-order valence-electron chi connectivity index (χ2n) is 2.52. The summed E-state index contributed by atoms with van der Waals surface area (Å²) in [5, 5.41) is 0. The molecular weight excluding hydrogens is 216 g/mol. The fraction of sp³-hybridized carbons (Fsp3) is 0.250. The lowest BCUT2D eigenvalue weighted by atomic mass is 10.1. The number of aromatic amines is 1.